The Labute approximate surface area is 259 Å². The van der Waals surface area contributed by atoms with Crippen LogP contribution in [0.3, 0.4) is 0 Å². The lowest BCUT2D eigenvalue weighted by Crippen LogP contribution is -2.52. The number of anilines is 1. The van der Waals surface area contributed by atoms with E-state index < -0.39 is 56.9 Å². The van der Waals surface area contributed by atoms with Gasteiger partial charge in [-0.15, -0.1) is 0 Å². The fourth-order valence-electron chi connectivity index (χ4n) is 4.29. The number of hydrogen-bond donors (Lipinski definition) is 1. The smallest absolute Gasteiger partial charge is 0.354 e. The maximum atomic E-state index is 14.1. The number of hydrogen-bond acceptors (Lipinski definition) is 4. The van der Waals surface area contributed by atoms with Crippen LogP contribution in [0.15, 0.2) is 77.7 Å². The summed E-state index contributed by atoms with van der Waals surface area (Å²) < 4.78 is 69.6. The van der Waals surface area contributed by atoms with Crippen molar-refractivity contribution in [1.82, 2.24) is 10.2 Å². The highest BCUT2D eigenvalue weighted by Gasteiger charge is 2.37. The SMILES string of the molecule is CC[C@H](C(=O)NCC(C)C)N(Cc1ccccc1Cl)C(=O)CN(c1ccc(Cl)c(C(F)(F)F)c1)S(=O)(=O)c1ccccc1. The summed E-state index contributed by atoms with van der Waals surface area (Å²) in [5.74, 6) is -1.16. The minimum atomic E-state index is -4.89. The highest BCUT2D eigenvalue weighted by Crippen LogP contribution is 2.38. The predicted molar refractivity (Wildman–Crippen MR) is 161 cm³/mol. The van der Waals surface area contributed by atoms with Crippen molar-refractivity contribution in [3.05, 3.63) is 94.0 Å². The van der Waals surface area contributed by atoms with Gasteiger partial charge in [-0.3, -0.25) is 13.9 Å². The zero-order valence-electron chi connectivity index (χ0n) is 23.7. The third kappa shape index (κ3) is 8.64. The Bertz CT molecular complexity index is 1540. The molecule has 7 nitrogen and oxygen atoms in total. The molecule has 0 heterocycles. The van der Waals surface area contributed by atoms with Crippen LogP contribution in [0, 0.1) is 5.92 Å². The summed E-state index contributed by atoms with van der Waals surface area (Å²) in [7, 11) is -4.56. The van der Waals surface area contributed by atoms with E-state index in [9.17, 15) is 31.2 Å². The summed E-state index contributed by atoms with van der Waals surface area (Å²) >= 11 is 12.2. The quantitative estimate of drug-likeness (QED) is 0.232. The van der Waals surface area contributed by atoms with Crippen LogP contribution in [0.4, 0.5) is 18.9 Å². The lowest BCUT2D eigenvalue weighted by Gasteiger charge is -2.33. The van der Waals surface area contributed by atoms with Gasteiger partial charge < -0.3 is 10.2 Å². The third-order valence-electron chi connectivity index (χ3n) is 6.52. The average molecular weight is 659 g/mol. The van der Waals surface area contributed by atoms with Crippen molar-refractivity contribution < 1.29 is 31.2 Å². The van der Waals surface area contributed by atoms with Gasteiger partial charge in [0.05, 0.1) is 21.2 Å². The van der Waals surface area contributed by atoms with Crippen molar-refractivity contribution in [1.29, 1.82) is 0 Å². The molecule has 1 N–H and O–H groups in total. The fraction of sp³-hybridized carbons (Fsp3) is 0.333. The average Bonchev–Trinajstić information content (AvgIpc) is 2.95. The molecule has 3 aromatic rings. The summed E-state index contributed by atoms with van der Waals surface area (Å²) in [6, 6.07) is 15.2. The monoisotopic (exact) mass is 657 g/mol. The molecule has 3 aromatic carbocycles. The van der Waals surface area contributed by atoms with Crippen LogP contribution in [0.5, 0.6) is 0 Å². The van der Waals surface area contributed by atoms with E-state index in [1.807, 2.05) is 13.8 Å². The maximum Gasteiger partial charge on any atom is 0.417 e. The normalized spacial score (nSPS) is 12.6. The fourth-order valence-corrected chi connectivity index (χ4v) is 6.13. The number of rotatable bonds is 12. The van der Waals surface area contributed by atoms with Crippen molar-refractivity contribution in [3.8, 4) is 0 Å². The highest BCUT2D eigenvalue weighted by molar-refractivity contribution is 7.92. The van der Waals surface area contributed by atoms with E-state index in [2.05, 4.69) is 5.32 Å². The standard InChI is InChI=1S/C30H32Cl2F3N3O4S/c1-4-27(29(40)36-17-20(2)3)37(18-21-10-8-9-13-25(21)31)28(39)19-38(43(41,42)23-11-6-5-7-12-23)22-14-15-26(32)24(16-22)30(33,34)35/h5-16,20,27H,4,17-19H2,1-3H3,(H,36,40)/t27-/m1/s1. The van der Waals surface area contributed by atoms with Crippen LogP contribution in [-0.4, -0.2) is 44.3 Å². The summed E-state index contributed by atoms with van der Waals surface area (Å²) in [6.45, 7) is 4.78. The number of carbonyl (C=O) groups is 2. The van der Waals surface area contributed by atoms with E-state index in [4.69, 9.17) is 23.2 Å². The number of halogens is 5. The van der Waals surface area contributed by atoms with Crippen LogP contribution in [-0.2, 0) is 32.3 Å². The van der Waals surface area contributed by atoms with Gasteiger partial charge in [0.1, 0.15) is 12.6 Å². The molecule has 0 unspecified atom stereocenters. The first-order valence-corrected chi connectivity index (χ1v) is 15.6. The predicted octanol–water partition coefficient (Wildman–Crippen LogP) is 6.79. The molecule has 0 aliphatic heterocycles. The lowest BCUT2D eigenvalue weighted by molar-refractivity contribution is -0.140. The molecule has 0 aliphatic rings. The van der Waals surface area contributed by atoms with Crippen LogP contribution < -0.4 is 9.62 Å². The lowest BCUT2D eigenvalue weighted by atomic mass is 10.1. The van der Waals surface area contributed by atoms with Gasteiger partial charge in [-0.1, -0.05) is 80.4 Å². The molecule has 0 saturated carbocycles. The molecular weight excluding hydrogens is 626 g/mol. The number of carbonyl (C=O) groups excluding carboxylic acids is 2. The molecule has 232 valence electrons. The number of nitrogens with one attached hydrogen (secondary N) is 1. The van der Waals surface area contributed by atoms with Gasteiger partial charge in [-0.2, -0.15) is 13.2 Å². The van der Waals surface area contributed by atoms with Gasteiger partial charge in [-0.05, 0) is 54.3 Å². The minimum absolute atomic E-state index is 0.119. The second-order valence-electron chi connectivity index (χ2n) is 10.2. The third-order valence-corrected chi connectivity index (χ3v) is 9.01. The molecule has 0 fully saturated rings. The van der Waals surface area contributed by atoms with Crippen molar-refractivity contribution in [2.75, 3.05) is 17.4 Å². The number of alkyl halides is 3. The van der Waals surface area contributed by atoms with Crippen LogP contribution >= 0.6 is 23.2 Å². The Morgan fingerprint density at radius 3 is 2.14 bits per heavy atom. The largest absolute Gasteiger partial charge is 0.417 e. The minimum Gasteiger partial charge on any atom is -0.354 e. The molecule has 3 rings (SSSR count). The van der Waals surface area contributed by atoms with Gasteiger partial charge in [0.2, 0.25) is 11.8 Å². The first-order valence-electron chi connectivity index (χ1n) is 13.4. The van der Waals surface area contributed by atoms with Crippen molar-refractivity contribution >= 4 is 50.7 Å². The summed E-state index contributed by atoms with van der Waals surface area (Å²) in [5, 5.41) is 2.49. The zero-order valence-corrected chi connectivity index (χ0v) is 26.1. The number of amides is 2. The molecule has 0 aromatic heterocycles. The van der Waals surface area contributed by atoms with E-state index >= 15 is 0 Å². The van der Waals surface area contributed by atoms with E-state index in [1.165, 1.54) is 29.2 Å². The summed E-state index contributed by atoms with van der Waals surface area (Å²) in [5.41, 5.74) is -1.19. The molecule has 0 saturated heterocycles. The van der Waals surface area contributed by atoms with Crippen molar-refractivity contribution in [3.63, 3.8) is 0 Å². The van der Waals surface area contributed by atoms with Gasteiger partial charge >= 0.3 is 6.18 Å². The molecule has 13 heteroatoms. The van der Waals surface area contributed by atoms with Crippen LogP contribution in [0.1, 0.15) is 38.3 Å². The highest BCUT2D eigenvalue weighted by atomic mass is 35.5. The molecule has 2 amide bonds. The first kappa shape index (κ1) is 34.2. The van der Waals surface area contributed by atoms with Gasteiger partial charge in [0.25, 0.3) is 10.0 Å². The van der Waals surface area contributed by atoms with E-state index in [1.54, 1.807) is 37.3 Å². The van der Waals surface area contributed by atoms with E-state index in [-0.39, 0.29) is 23.8 Å². The summed E-state index contributed by atoms with van der Waals surface area (Å²) in [4.78, 5) is 28.3. The van der Waals surface area contributed by atoms with Crippen molar-refractivity contribution in [2.24, 2.45) is 5.92 Å². The molecule has 0 spiro atoms. The topological polar surface area (TPSA) is 86.8 Å². The van der Waals surface area contributed by atoms with Crippen LogP contribution in [0.2, 0.25) is 10.0 Å². The Balaban J connectivity index is 2.13. The Hall–Kier alpha value is -3.28. The van der Waals surface area contributed by atoms with Crippen LogP contribution in [0.25, 0.3) is 0 Å². The second-order valence-corrected chi connectivity index (χ2v) is 12.8. The van der Waals surface area contributed by atoms with Gasteiger partial charge in [0, 0.05) is 18.1 Å². The van der Waals surface area contributed by atoms with E-state index in [0.717, 1.165) is 12.1 Å². The Kier molecular flexibility index (Phi) is 11.5. The molecule has 0 aliphatic carbocycles. The Morgan fingerprint density at radius 1 is 0.930 bits per heavy atom. The molecule has 43 heavy (non-hydrogen) atoms. The second kappa shape index (κ2) is 14.5. The number of benzene rings is 3. The molecule has 0 bridgehead atoms. The van der Waals surface area contributed by atoms with Crippen molar-refractivity contribution in [2.45, 2.75) is 50.9 Å². The molecular formula is C30H32Cl2F3N3O4S. The number of nitrogens with zero attached hydrogens (tertiary/aromatic N) is 2. The zero-order chi connectivity index (χ0) is 31.9. The first-order chi connectivity index (χ1) is 20.2. The summed E-state index contributed by atoms with van der Waals surface area (Å²) in [6.07, 6.45) is -4.72. The maximum absolute atomic E-state index is 14.1. The van der Waals surface area contributed by atoms with Gasteiger partial charge in [-0.25, -0.2) is 8.42 Å². The molecule has 1 atom stereocenters. The Morgan fingerprint density at radius 2 is 1.56 bits per heavy atom. The molecule has 0 radical (unpaired) electrons. The number of sulfonamides is 1. The van der Waals surface area contributed by atoms with E-state index in [0.29, 0.717) is 27.5 Å². The van der Waals surface area contributed by atoms with Gasteiger partial charge in [0.15, 0.2) is 0 Å².